The number of aromatic nitrogens is 3. The molecule has 1 aromatic heterocycles. The van der Waals surface area contributed by atoms with E-state index in [4.69, 9.17) is 0 Å². The molecule has 1 N–H and O–H groups in total. The summed E-state index contributed by atoms with van der Waals surface area (Å²) in [5.41, 5.74) is 0.451. The third-order valence-electron chi connectivity index (χ3n) is 4.88. The van der Waals surface area contributed by atoms with Crippen LogP contribution >= 0.6 is 11.8 Å². The number of thioether (sulfide) groups is 1. The molecule has 7 nitrogen and oxygen atoms in total. The maximum absolute atomic E-state index is 13.6. The summed E-state index contributed by atoms with van der Waals surface area (Å²) in [6.07, 6.45) is 3.62. The van der Waals surface area contributed by atoms with Crippen molar-refractivity contribution < 1.29 is 14.0 Å². The van der Waals surface area contributed by atoms with Crippen LogP contribution in [-0.2, 0) is 29.2 Å². The van der Waals surface area contributed by atoms with Gasteiger partial charge in [0.1, 0.15) is 5.82 Å². The molecule has 0 radical (unpaired) electrons. The zero-order valence-electron chi connectivity index (χ0n) is 16.6. The summed E-state index contributed by atoms with van der Waals surface area (Å²) in [4.78, 5) is 26.2. The molecule has 1 fully saturated rings. The van der Waals surface area contributed by atoms with Gasteiger partial charge in [0, 0.05) is 31.6 Å². The lowest BCUT2D eigenvalue weighted by Crippen LogP contribution is -2.31. The molecule has 9 heteroatoms. The van der Waals surface area contributed by atoms with Crippen molar-refractivity contribution >= 4 is 23.6 Å². The van der Waals surface area contributed by atoms with E-state index in [1.807, 2.05) is 16.4 Å². The Hall–Kier alpha value is -2.42. The summed E-state index contributed by atoms with van der Waals surface area (Å²) in [6.45, 7) is 3.98. The van der Waals surface area contributed by atoms with Crippen LogP contribution in [0.1, 0.15) is 44.0 Å². The van der Waals surface area contributed by atoms with Crippen LogP contribution in [0.15, 0.2) is 29.4 Å². The first-order chi connectivity index (χ1) is 14.1. The molecule has 0 unspecified atom stereocenters. The van der Waals surface area contributed by atoms with E-state index in [9.17, 15) is 14.0 Å². The van der Waals surface area contributed by atoms with E-state index in [2.05, 4.69) is 15.5 Å². The zero-order valence-corrected chi connectivity index (χ0v) is 17.4. The van der Waals surface area contributed by atoms with E-state index >= 15 is 0 Å². The van der Waals surface area contributed by atoms with Gasteiger partial charge in [0.05, 0.1) is 12.3 Å². The van der Waals surface area contributed by atoms with Crippen molar-refractivity contribution in [2.45, 2.75) is 57.4 Å². The lowest BCUT2D eigenvalue weighted by Gasteiger charge is -2.20. The van der Waals surface area contributed by atoms with Gasteiger partial charge in [-0.2, -0.15) is 0 Å². The molecular weight excluding hydrogens is 393 g/mol. The highest BCUT2D eigenvalue weighted by Crippen LogP contribution is 2.19. The van der Waals surface area contributed by atoms with E-state index in [0.29, 0.717) is 30.2 Å². The minimum absolute atomic E-state index is 0.148. The van der Waals surface area contributed by atoms with Crippen LogP contribution in [0.4, 0.5) is 4.39 Å². The second kappa shape index (κ2) is 10.4. The molecule has 1 aromatic carbocycles. The van der Waals surface area contributed by atoms with Gasteiger partial charge in [0.15, 0.2) is 11.0 Å². The molecule has 2 heterocycles. The molecular formula is C20H26FN5O2S. The standard InChI is InChI=1S/C20H26FN5O2S/c1-2-26-17(13-25-11-7-3-4-10-19(25)28)23-24-20(26)29-14-18(27)22-12-15-8-5-6-9-16(15)21/h5-6,8-9H,2-4,7,10-14H2,1H3,(H,22,27). The third kappa shape index (κ3) is 5.79. The summed E-state index contributed by atoms with van der Waals surface area (Å²) in [5.74, 6) is 0.522. The highest BCUT2D eigenvalue weighted by atomic mass is 32.2. The number of carbonyl (C=O) groups is 2. The van der Waals surface area contributed by atoms with Gasteiger partial charge in [-0.15, -0.1) is 10.2 Å². The molecule has 1 saturated heterocycles. The Morgan fingerprint density at radius 3 is 2.86 bits per heavy atom. The van der Waals surface area contributed by atoms with Crippen LogP contribution in [0.5, 0.6) is 0 Å². The monoisotopic (exact) mass is 419 g/mol. The minimum atomic E-state index is -0.334. The van der Waals surface area contributed by atoms with Crippen LogP contribution in [0.2, 0.25) is 0 Å². The molecule has 2 amide bonds. The molecule has 0 atom stereocenters. The van der Waals surface area contributed by atoms with Crippen molar-refractivity contribution in [2.75, 3.05) is 12.3 Å². The number of hydrogen-bond acceptors (Lipinski definition) is 5. The average Bonchev–Trinajstić information content (AvgIpc) is 2.99. The molecule has 2 aromatic rings. The molecule has 1 aliphatic heterocycles. The van der Waals surface area contributed by atoms with Crippen LogP contribution in [0.3, 0.4) is 0 Å². The fraction of sp³-hybridized carbons (Fsp3) is 0.500. The van der Waals surface area contributed by atoms with Crippen LogP contribution in [0.25, 0.3) is 0 Å². The molecule has 156 valence electrons. The molecule has 0 saturated carbocycles. The second-order valence-electron chi connectivity index (χ2n) is 6.93. The molecule has 1 aliphatic rings. The molecule has 0 aliphatic carbocycles. The fourth-order valence-corrected chi connectivity index (χ4v) is 4.10. The van der Waals surface area contributed by atoms with Gasteiger partial charge in [0.2, 0.25) is 11.8 Å². The predicted octanol–water partition coefficient (Wildman–Crippen LogP) is 2.75. The Bertz CT molecular complexity index is 857. The van der Waals surface area contributed by atoms with E-state index in [-0.39, 0.29) is 29.9 Å². The average molecular weight is 420 g/mol. The molecule has 0 spiro atoms. The SMILES string of the molecule is CCn1c(CN2CCCCCC2=O)nnc1SCC(=O)NCc1ccccc1F. The van der Waals surface area contributed by atoms with Gasteiger partial charge in [0.25, 0.3) is 0 Å². The third-order valence-corrected chi connectivity index (χ3v) is 5.85. The lowest BCUT2D eigenvalue weighted by atomic mass is 10.2. The molecule has 29 heavy (non-hydrogen) atoms. The normalized spacial score (nSPS) is 14.7. The van der Waals surface area contributed by atoms with E-state index in [1.165, 1.54) is 17.8 Å². The van der Waals surface area contributed by atoms with Gasteiger partial charge in [-0.1, -0.05) is 36.4 Å². The summed E-state index contributed by atoms with van der Waals surface area (Å²) < 4.78 is 15.6. The van der Waals surface area contributed by atoms with E-state index in [1.54, 1.807) is 18.2 Å². The van der Waals surface area contributed by atoms with Gasteiger partial charge >= 0.3 is 0 Å². The van der Waals surface area contributed by atoms with Crippen LogP contribution < -0.4 is 5.32 Å². The smallest absolute Gasteiger partial charge is 0.230 e. The van der Waals surface area contributed by atoms with Crippen molar-refractivity contribution in [3.63, 3.8) is 0 Å². The Labute approximate surface area is 174 Å². The number of nitrogens with zero attached hydrogens (tertiary/aromatic N) is 4. The maximum atomic E-state index is 13.6. The topological polar surface area (TPSA) is 80.1 Å². The first-order valence-electron chi connectivity index (χ1n) is 9.91. The number of rotatable bonds is 8. The molecule has 3 rings (SSSR count). The van der Waals surface area contributed by atoms with Gasteiger partial charge in [-0.3, -0.25) is 9.59 Å². The Morgan fingerprint density at radius 1 is 1.24 bits per heavy atom. The van der Waals surface area contributed by atoms with Crippen molar-refractivity contribution in [3.8, 4) is 0 Å². The first-order valence-corrected chi connectivity index (χ1v) is 10.9. The number of carbonyl (C=O) groups excluding carboxylic acids is 2. The first kappa shape index (κ1) is 21.3. The van der Waals surface area contributed by atoms with Crippen molar-refractivity contribution in [3.05, 3.63) is 41.5 Å². The van der Waals surface area contributed by atoms with E-state index < -0.39 is 0 Å². The summed E-state index contributed by atoms with van der Waals surface area (Å²) in [6, 6.07) is 6.37. The summed E-state index contributed by atoms with van der Waals surface area (Å²) in [7, 11) is 0. The fourth-order valence-electron chi connectivity index (χ4n) is 3.25. The highest BCUT2D eigenvalue weighted by molar-refractivity contribution is 7.99. The number of benzene rings is 1. The van der Waals surface area contributed by atoms with Gasteiger partial charge in [-0.05, 0) is 25.8 Å². The summed E-state index contributed by atoms with van der Waals surface area (Å²) in [5, 5.41) is 11.8. The van der Waals surface area contributed by atoms with Gasteiger partial charge in [-0.25, -0.2) is 4.39 Å². The molecule has 0 bridgehead atoms. The van der Waals surface area contributed by atoms with Gasteiger partial charge < -0.3 is 14.8 Å². The maximum Gasteiger partial charge on any atom is 0.230 e. The zero-order chi connectivity index (χ0) is 20.6. The second-order valence-corrected chi connectivity index (χ2v) is 7.87. The van der Waals surface area contributed by atoms with Crippen molar-refractivity contribution in [1.82, 2.24) is 25.0 Å². The highest BCUT2D eigenvalue weighted by Gasteiger charge is 2.21. The van der Waals surface area contributed by atoms with E-state index in [0.717, 1.165) is 31.6 Å². The lowest BCUT2D eigenvalue weighted by molar-refractivity contribution is -0.131. The Kier molecular flexibility index (Phi) is 7.62. The number of likely N-dealkylation sites (tertiary alicyclic amines) is 1. The number of nitrogens with one attached hydrogen (secondary N) is 1. The minimum Gasteiger partial charge on any atom is -0.351 e. The number of hydrogen-bond donors (Lipinski definition) is 1. The predicted molar refractivity (Wildman–Crippen MR) is 109 cm³/mol. The van der Waals surface area contributed by atoms with Crippen LogP contribution in [0, 0.1) is 5.82 Å². The van der Waals surface area contributed by atoms with Crippen molar-refractivity contribution in [1.29, 1.82) is 0 Å². The Morgan fingerprint density at radius 2 is 2.07 bits per heavy atom. The largest absolute Gasteiger partial charge is 0.351 e. The Balaban J connectivity index is 1.55. The quantitative estimate of drug-likeness (QED) is 0.666. The summed E-state index contributed by atoms with van der Waals surface area (Å²) >= 11 is 1.29. The number of amides is 2. The van der Waals surface area contributed by atoms with Crippen LogP contribution in [-0.4, -0.2) is 43.8 Å². The van der Waals surface area contributed by atoms with Crippen molar-refractivity contribution in [2.24, 2.45) is 0 Å². The number of halogens is 1.